The van der Waals surface area contributed by atoms with E-state index in [1.165, 1.54) is 0 Å². The van der Waals surface area contributed by atoms with Gasteiger partial charge in [-0.1, -0.05) is 22.0 Å². The fourth-order valence-electron chi connectivity index (χ4n) is 1.28. The first-order valence-corrected chi connectivity index (χ1v) is 6.03. The lowest BCUT2D eigenvalue weighted by Gasteiger charge is -2.07. The van der Waals surface area contributed by atoms with Crippen LogP contribution in [0.4, 0.5) is 5.95 Å². The molecule has 4 nitrogen and oxygen atoms in total. The van der Waals surface area contributed by atoms with Gasteiger partial charge >= 0.3 is 0 Å². The number of nitrogens with one attached hydrogen (secondary N) is 1. The van der Waals surface area contributed by atoms with Gasteiger partial charge in [-0.05, 0) is 24.3 Å². The first-order chi connectivity index (χ1) is 8.34. The number of halogens is 1. The van der Waals surface area contributed by atoms with Gasteiger partial charge in [0, 0.05) is 16.9 Å². The molecule has 0 spiro atoms. The van der Waals surface area contributed by atoms with Gasteiger partial charge in [-0.15, -0.1) is 0 Å². The van der Waals surface area contributed by atoms with E-state index in [2.05, 4.69) is 31.2 Å². The summed E-state index contributed by atoms with van der Waals surface area (Å²) in [6.07, 6.45) is 3.40. The number of aromatic nitrogens is 2. The normalized spacial score (nSPS) is 9.94. The van der Waals surface area contributed by atoms with E-state index >= 15 is 0 Å². The van der Waals surface area contributed by atoms with Crippen LogP contribution in [0.3, 0.4) is 0 Å². The average molecular weight is 294 g/mol. The monoisotopic (exact) mass is 293 g/mol. The zero-order chi connectivity index (χ0) is 11.9. The van der Waals surface area contributed by atoms with Gasteiger partial charge in [0.2, 0.25) is 5.95 Å². The Labute approximate surface area is 108 Å². The minimum atomic E-state index is 0.564. The molecule has 0 saturated heterocycles. The van der Waals surface area contributed by atoms with Gasteiger partial charge in [-0.25, -0.2) is 9.97 Å². The molecule has 1 aromatic heterocycles. The first kappa shape index (κ1) is 11.9. The fourth-order valence-corrected chi connectivity index (χ4v) is 1.66. The number of nitrogens with zero attached hydrogens (tertiary/aromatic N) is 2. The van der Waals surface area contributed by atoms with Crippen LogP contribution >= 0.6 is 15.9 Å². The smallest absolute Gasteiger partial charge is 0.222 e. The third-order valence-corrected chi connectivity index (χ3v) is 2.51. The van der Waals surface area contributed by atoms with Crippen LogP contribution < -0.4 is 10.1 Å². The summed E-state index contributed by atoms with van der Waals surface area (Å²) in [6, 6.07) is 9.53. The van der Waals surface area contributed by atoms with Crippen molar-refractivity contribution in [2.75, 3.05) is 18.5 Å². The Balaban J connectivity index is 1.73. The second-order valence-electron chi connectivity index (χ2n) is 3.31. The van der Waals surface area contributed by atoms with Crippen molar-refractivity contribution >= 4 is 21.9 Å². The molecule has 0 amide bonds. The molecular formula is C12H12BrN3O. The molecule has 0 bridgehead atoms. The molecule has 1 heterocycles. The molecule has 0 fully saturated rings. The lowest BCUT2D eigenvalue weighted by atomic mass is 10.3. The number of ether oxygens (including phenoxy) is 1. The molecule has 2 rings (SSSR count). The molecule has 0 saturated carbocycles. The summed E-state index contributed by atoms with van der Waals surface area (Å²) in [5, 5.41) is 3.07. The van der Waals surface area contributed by atoms with Crippen LogP contribution in [0.15, 0.2) is 47.2 Å². The Morgan fingerprint density at radius 3 is 2.76 bits per heavy atom. The Kier molecular flexibility index (Phi) is 4.32. The first-order valence-electron chi connectivity index (χ1n) is 5.24. The Hall–Kier alpha value is -1.62. The fraction of sp³-hybridized carbons (Fsp3) is 0.167. The summed E-state index contributed by atoms with van der Waals surface area (Å²) in [7, 11) is 0. The summed E-state index contributed by atoms with van der Waals surface area (Å²) >= 11 is 3.39. The van der Waals surface area contributed by atoms with E-state index in [0.29, 0.717) is 19.1 Å². The summed E-state index contributed by atoms with van der Waals surface area (Å²) < 4.78 is 6.57. The summed E-state index contributed by atoms with van der Waals surface area (Å²) in [5.74, 6) is 1.46. The van der Waals surface area contributed by atoms with E-state index in [9.17, 15) is 0 Å². The summed E-state index contributed by atoms with van der Waals surface area (Å²) in [5.41, 5.74) is 0. The molecule has 0 aliphatic rings. The number of rotatable bonds is 5. The quantitative estimate of drug-likeness (QED) is 0.861. The van der Waals surface area contributed by atoms with Crippen molar-refractivity contribution < 1.29 is 4.74 Å². The van der Waals surface area contributed by atoms with Gasteiger partial charge in [-0.3, -0.25) is 0 Å². The summed E-state index contributed by atoms with van der Waals surface area (Å²) in [4.78, 5) is 8.10. The predicted octanol–water partition coefficient (Wildman–Crippen LogP) is 2.73. The van der Waals surface area contributed by atoms with E-state index in [0.717, 1.165) is 10.2 Å². The number of benzene rings is 1. The van der Waals surface area contributed by atoms with Crippen molar-refractivity contribution in [3.63, 3.8) is 0 Å². The van der Waals surface area contributed by atoms with Gasteiger partial charge in [0.1, 0.15) is 12.4 Å². The van der Waals surface area contributed by atoms with Crippen molar-refractivity contribution in [2.24, 2.45) is 0 Å². The molecule has 88 valence electrons. The van der Waals surface area contributed by atoms with E-state index in [4.69, 9.17) is 4.74 Å². The van der Waals surface area contributed by atoms with E-state index in [1.54, 1.807) is 18.5 Å². The van der Waals surface area contributed by atoms with Crippen LogP contribution in [-0.4, -0.2) is 23.1 Å². The molecule has 0 unspecified atom stereocenters. The maximum atomic E-state index is 5.56. The van der Waals surface area contributed by atoms with Gasteiger partial charge < -0.3 is 10.1 Å². The summed E-state index contributed by atoms with van der Waals surface area (Å²) in [6.45, 7) is 1.23. The average Bonchev–Trinajstić information content (AvgIpc) is 2.36. The predicted molar refractivity (Wildman–Crippen MR) is 70.2 cm³/mol. The zero-order valence-electron chi connectivity index (χ0n) is 9.14. The minimum absolute atomic E-state index is 0.564. The van der Waals surface area contributed by atoms with Crippen LogP contribution in [0.5, 0.6) is 5.75 Å². The SMILES string of the molecule is Brc1cccc(OCCNc2ncccn2)c1. The van der Waals surface area contributed by atoms with Crippen molar-refractivity contribution in [3.05, 3.63) is 47.2 Å². The number of hydrogen-bond acceptors (Lipinski definition) is 4. The van der Waals surface area contributed by atoms with Gasteiger partial charge in [-0.2, -0.15) is 0 Å². The van der Waals surface area contributed by atoms with Crippen LogP contribution in [0.1, 0.15) is 0 Å². The second kappa shape index (κ2) is 6.20. The van der Waals surface area contributed by atoms with Crippen LogP contribution in [-0.2, 0) is 0 Å². The maximum absolute atomic E-state index is 5.56. The topological polar surface area (TPSA) is 47.0 Å². The second-order valence-corrected chi connectivity index (χ2v) is 4.22. The largest absolute Gasteiger partial charge is 0.492 e. The standard InChI is InChI=1S/C12H12BrN3O/c13-10-3-1-4-11(9-10)17-8-7-16-12-14-5-2-6-15-12/h1-6,9H,7-8H2,(H,14,15,16). The van der Waals surface area contributed by atoms with E-state index in [1.807, 2.05) is 24.3 Å². The highest BCUT2D eigenvalue weighted by molar-refractivity contribution is 9.10. The molecule has 1 aromatic carbocycles. The minimum Gasteiger partial charge on any atom is -0.492 e. The van der Waals surface area contributed by atoms with Crippen molar-refractivity contribution in [1.29, 1.82) is 0 Å². The highest BCUT2D eigenvalue weighted by Gasteiger charge is 1.95. The van der Waals surface area contributed by atoms with Gasteiger partial charge in [0.05, 0.1) is 6.54 Å². The molecule has 1 N–H and O–H groups in total. The third kappa shape index (κ3) is 4.03. The lowest BCUT2D eigenvalue weighted by molar-refractivity contribution is 0.332. The molecule has 2 aromatic rings. The van der Waals surface area contributed by atoms with Crippen LogP contribution in [0.2, 0.25) is 0 Å². The van der Waals surface area contributed by atoms with Crippen molar-refractivity contribution in [3.8, 4) is 5.75 Å². The van der Waals surface area contributed by atoms with Gasteiger partial charge in [0.25, 0.3) is 0 Å². The molecule has 0 aliphatic carbocycles. The Morgan fingerprint density at radius 2 is 2.00 bits per heavy atom. The number of anilines is 1. The molecule has 0 atom stereocenters. The van der Waals surface area contributed by atoms with Crippen LogP contribution in [0.25, 0.3) is 0 Å². The maximum Gasteiger partial charge on any atom is 0.222 e. The molecular weight excluding hydrogens is 282 g/mol. The van der Waals surface area contributed by atoms with Crippen LogP contribution in [0, 0.1) is 0 Å². The third-order valence-electron chi connectivity index (χ3n) is 2.02. The molecule has 0 radical (unpaired) electrons. The lowest BCUT2D eigenvalue weighted by Crippen LogP contribution is -2.13. The zero-order valence-corrected chi connectivity index (χ0v) is 10.7. The van der Waals surface area contributed by atoms with Crippen molar-refractivity contribution in [2.45, 2.75) is 0 Å². The number of hydrogen-bond donors (Lipinski definition) is 1. The molecule has 17 heavy (non-hydrogen) atoms. The Morgan fingerprint density at radius 1 is 1.18 bits per heavy atom. The highest BCUT2D eigenvalue weighted by Crippen LogP contribution is 2.17. The van der Waals surface area contributed by atoms with E-state index in [-0.39, 0.29) is 0 Å². The molecule has 5 heteroatoms. The van der Waals surface area contributed by atoms with Crippen molar-refractivity contribution in [1.82, 2.24) is 9.97 Å². The van der Waals surface area contributed by atoms with Gasteiger partial charge in [0.15, 0.2) is 0 Å². The highest BCUT2D eigenvalue weighted by atomic mass is 79.9. The molecule has 0 aliphatic heterocycles. The Bertz CT molecular complexity index is 464. The van der Waals surface area contributed by atoms with E-state index < -0.39 is 0 Å².